The molecule has 0 atom stereocenters. The lowest BCUT2D eigenvalue weighted by Crippen LogP contribution is -2.12. The molecule has 78 valence electrons. The second-order valence-corrected chi connectivity index (χ2v) is 4.66. The molecular weight excluding hydrogens is 202 g/mol. The van der Waals surface area contributed by atoms with E-state index >= 15 is 0 Å². The second kappa shape index (κ2) is 3.75. The molecule has 0 saturated carbocycles. The van der Waals surface area contributed by atoms with Gasteiger partial charge in [-0.2, -0.15) is 0 Å². The summed E-state index contributed by atoms with van der Waals surface area (Å²) in [5, 5.41) is 18.8. The molecule has 1 aromatic heterocycles. The number of aliphatic hydroxyl groups is 1. The number of rotatable bonds is 2. The number of aryl methyl sites for hydroxylation is 1. The number of aliphatic hydroxyl groups excluding tert-OH is 1. The van der Waals surface area contributed by atoms with E-state index in [2.05, 4.69) is 4.98 Å². The lowest BCUT2D eigenvalue weighted by Gasteiger charge is -2.20. The van der Waals surface area contributed by atoms with E-state index in [0.29, 0.717) is 16.8 Å². The number of aromatic hydroxyl groups is 1. The minimum atomic E-state index is -0.643. The van der Waals surface area contributed by atoms with Gasteiger partial charge in [0, 0.05) is 17.3 Å². The minimum Gasteiger partial charge on any atom is -0.506 e. The molecule has 14 heavy (non-hydrogen) atoms. The molecule has 0 bridgehead atoms. The predicted molar refractivity (Wildman–Crippen MR) is 55.4 cm³/mol. The van der Waals surface area contributed by atoms with Crippen molar-refractivity contribution in [1.29, 1.82) is 0 Å². The van der Waals surface area contributed by atoms with Crippen LogP contribution < -0.4 is 0 Å². The van der Waals surface area contributed by atoms with Crippen LogP contribution in [0.25, 0.3) is 0 Å². The maximum absolute atomic E-state index is 9.66. The quantitative estimate of drug-likeness (QED) is 0.743. The van der Waals surface area contributed by atoms with Gasteiger partial charge >= 0.3 is 0 Å². The number of aromatic nitrogens is 1. The molecule has 1 aromatic rings. The highest BCUT2D eigenvalue weighted by Crippen LogP contribution is 2.34. The summed E-state index contributed by atoms with van der Waals surface area (Å²) >= 11 is 6.10. The van der Waals surface area contributed by atoms with Crippen LogP contribution in [0.4, 0.5) is 0 Å². The molecule has 1 heterocycles. The number of halogens is 1. The molecule has 2 N–H and O–H groups in total. The monoisotopic (exact) mass is 215 g/mol. The van der Waals surface area contributed by atoms with Crippen molar-refractivity contribution in [3.63, 3.8) is 0 Å². The van der Waals surface area contributed by atoms with Gasteiger partial charge in [-0.1, -0.05) is 0 Å². The molecule has 1 rings (SSSR count). The van der Waals surface area contributed by atoms with Gasteiger partial charge in [-0.15, -0.1) is 11.6 Å². The van der Waals surface area contributed by atoms with Crippen LogP contribution in [-0.4, -0.2) is 15.2 Å². The lowest BCUT2D eigenvalue weighted by molar-refractivity contribution is 0.272. The van der Waals surface area contributed by atoms with Crippen LogP contribution in [0.15, 0.2) is 6.20 Å². The summed E-state index contributed by atoms with van der Waals surface area (Å²) in [5.74, 6) is 0.0266. The van der Waals surface area contributed by atoms with Gasteiger partial charge in [0.15, 0.2) is 0 Å². The van der Waals surface area contributed by atoms with Crippen LogP contribution in [0.2, 0.25) is 0 Å². The van der Waals surface area contributed by atoms with Crippen LogP contribution in [0.1, 0.15) is 30.7 Å². The normalized spacial score (nSPS) is 11.8. The fourth-order valence-corrected chi connectivity index (χ4v) is 1.48. The Morgan fingerprint density at radius 3 is 2.50 bits per heavy atom. The van der Waals surface area contributed by atoms with E-state index in [4.69, 9.17) is 16.7 Å². The highest BCUT2D eigenvalue weighted by Gasteiger charge is 2.23. The minimum absolute atomic E-state index is 0.0266. The molecular formula is C10H14ClNO2. The zero-order valence-corrected chi connectivity index (χ0v) is 9.26. The summed E-state index contributed by atoms with van der Waals surface area (Å²) in [4.78, 5) is 3.37. The summed E-state index contributed by atoms with van der Waals surface area (Å²) in [5.41, 5.74) is 1.61. The van der Waals surface area contributed by atoms with Crippen LogP contribution in [0.3, 0.4) is 0 Å². The number of alkyl halides is 1. The van der Waals surface area contributed by atoms with Gasteiger partial charge in [0.25, 0.3) is 0 Å². The largest absolute Gasteiger partial charge is 0.506 e. The fourth-order valence-electron chi connectivity index (χ4n) is 1.32. The van der Waals surface area contributed by atoms with E-state index in [1.54, 1.807) is 27.0 Å². The SMILES string of the molecule is Cc1ncc(C(C)(C)Cl)c(CO)c1O. The first-order chi connectivity index (χ1) is 6.38. The zero-order valence-electron chi connectivity index (χ0n) is 8.50. The molecule has 0 aromatic carbocycles. The smallest absolute Gasteiger partial charge is 0.142 e. The molecule has 0 unspecified atom stereocenters. The van der Waals surface area contributed by atoms with E-state index in [1.165, 1.54) is 0 Å². The van der Waals surface area contributed by atoms with Crippen LogP contribution >= 0.6 is 11.6 Å². The van der Waals surface area contributed by atoms with Gasteiger partial charge in [0.1, 0.15) is 5.75 Å². The molecule has 0 saturated heterocycles. The Bertz CT molecular complexity index is 345. The first kappa shape index (κ1) is 11.3. The molecule has 0 aliphatic carbocycles. The maximum Gasteiger partial charge on any atom is 0.142 e. The third-order valence-corrected chi connectivity index (χ3v) is 2.34. The fraction of sp³-hybridized carbons (Fsp3) is 0.500. The number of nitrogens with zero attached hydrogens (tertiary/aromatic N) is 1. The van der Waals surface area contributed by atoms with Crippen LogP contribution in [0.5, 0.6) is 5.75 Å². The molecule has 0 fully saturated rings. The third-order valence-electron chi connectivity index (χ3n) is 2.14. The molecule has 3 nitrogen and oxygen atoms in total. The molecule has 4 heteroatoms. The molecule has 0 radical (unpaired) electrons. The van der Waals surface area contributed by atoms with E-state index in [9.17, 15) is 5.11 Å². The summed E-state index contributed by atoms with van der Waals surface area (Å²) in [7, 11) is 0. The van der Waals surface area contributed by atoms with Crippen LogP contribution in [-0.2, 0) is 11.5 Å². The first-order valence-corrected chi connectivity index (χ1v) is 4.73. The number of hydrogen-bond acceptors (Lipinski definition) is 3. The van der Waals surface area contributed by atoms with Crippen LogP contribution in [0, 0.1) is 6.92 Å². The molecule has 0 aliphatic rings. The number of pyridine rings is 1. The van der Waals surface area contributed by atoms with Gasteiger partial charge in [-0.3, -0.25) is 4.98 Å². The summed E-state index contributed by atoms with van der Waals surface area (Å²) in [6, 6.07) is 0. The van der Waals surface area contributed by atoms with Crippen molar-refractivity contribution < 1.29 is 10.2 Å². The standard InChI is InChI=1S/C10H14ClNO2/c1-6-9(14)7(5-13)8(4-12-6)10(2,3)11/h4,13-14H,5H2,1-3H3. The number of hydrogen-bond donors (Lipinski definition) is 2. The highest BCUT2D eigenvalue weighted by molar-refractivity contribution is 6.23. The average molecular weight is 216 g/mol. The van der Waals surface area contributed by atoms with Crippen molar-refractivity contribution in [3.05, 3.63) is 23.0 Å². The Labute approximate surface area is 88.4 Å². The average Bonchev–Trinajstić information content (AvgIpc) is 2.07. The van der Waals surface area contributed by atoms with Gasteiger partial charge in [0.05, 0.1) is 17.2 Å². The van der Waals surface area contributed by atoms with E-state index in [1.807, 2.05) is 0 Å². The van der Waals surface area contributed by atoms with E-state index in [0.717, 1.165) is 0 Å². The van der Waals surface area contributed by atoms with Crippen molar-refractivity contribution in [2.75, 3.05) is 0 Å². The molecule has 0 amide bonds. The topological polar surface area (TPSA) is 53.4 Å². The van der Waals surface area contributed by atoms with Gasteiger partial charge in [-0.25, -0.2) is 0 Å². The Hall–Kier alpha value is -0.800. The van der Waals surface area contributed by atoms with Crippen molar-refractivity contribution >= 4 is 11.6 Å². The van der Waals surface area contributed by atoms with Gasteiger partial charge in [-0.05, 0) is 20.8 Å². The van der Waals surface area contributed by atoms with Crippen molar-refractivity contribution in [3.8, 4) is 5.75 Å². The predicted octanol–water partition coefficient (Wildman–Crippen LogP) is 2.06. The third kappa shape index (κ3) is 1.99. The van der Waals surface area contributed by atoms with E-state index in [-0.39, 0.29) is 12.4 Å². The van der Waals surface area contributed by atoms with Gasteiger partial charge < -0.3 is 10.2 Å². The Morgan fingerprint density at radius 1 is 1.50 bits per heavy atom. The Morgan fingerprint density at radius 2 is 2.07 bits per heavy atom. The summed E-state index contributed by atoms with van der Waals surface area (Å²) in [6.07, 6.45) is 1.59. The lowest BCUT2D eigenvalue weighted by atomic mass is 9.97. The summed E-state index contributed by atoms with van der Waals surface area (Å²) in [6.45, 7) is 5.03. The van der Waals surface area contributed by atoms with E-state index < -0.39 is 4.87 Å². The Kier molecular flexibility index (Phi) is 3.02. The zero-order chi connectivity index (χ0) is 10.9. The first-order valence-electron chi connectivity index (χ1n) is 4.35. The van der Waals surface area contributed by atoms with Gasteiger partial charge in [0.2, 0.25) is 0 Å². The van der Waals surface area contributed by atoms with Crippen molar-refractivity contribution in [1.82, 2.24) is 4.98 Å². The second-order valence-electron chi connectivity index (χ2n) is 3.72. The molecule has 0 aliphatic heterocycles. The maximum atomic E-state index is 9.66. The highest BCUT2D eigenvalue weighted by atomic mass is 35.5. The molecule has 0 spiro atoms. The Balaban J connectivity index is 3.39. The van der Waals surface area contributed by atoms with Crippen molar-refractivity contribution in [2.45, 2.75) is 32.3 Å². The summed E-state index contributed by atoms with van der Waals surface area (Å²) < 4.78 is 0. The van der Waals surface area contributed by atoms with Crippen molar-refractivity contribution in [2.24, 2.45) is 0 Å².